The Bertz CT molecular complexity index is 503. The van der Waals surface area contributed by atoms with Crippen molar-refractivity contribution in [2.24, 2.45) is 5.92 Å². The lowest BCUT2D eigenvalue weighted by Crippen LogP contribution is -2.40. The molecular weight excluding hydrogens is 290 g/mol. The quantitative estimate of drug-likeness (QED) is 0.807. The Balaban J connectivity index is 1.86. The number of nitrogens with one attached hydrogen (secondary N) is 2. The van der Waals surface area contributed by atoms with E-state index in [0.717, 1.165) is 19.4 Å². The molecule has 0 unspecified atom stereocenters. The molecule has 2 atom stereocenters. The van der Waals surface area contributed by atoms with E-state index in [2.05, 4.69) is 22.5 Å². The predicted molar refractivity (Wildman–Crippen MR) is 81.3 cm³/mol. The zero-order chi connectivity index (χ0) is 15.2. The number of piperidine rings is 1. The topological polar surface area (TPSA) is 80.3 Å². The number of aromatic nitrogens is 1. The first-order valence-electron chi connectivity index (χ1n) is 7.22. The molecule has 7 heteroatoms. The summed E-state index contributed by atoms with van der Waals surface area (Å²) in [6, 6.07) is 0.366. The fourth-order valence-corrected chi connectivity index (χ4v) is 3.10. The molecule has 0 spiro atoms. The third-order valence-corrected chi connectivity index (χ3v) is 4.21. The molecule has 1 fully saturated rings. The molecule has 2 rings (SSSR count). The number of carbonyl (C=O) groups excluding carboxylic acids is 2. The summed E-state index contributed by atoms with van der Waals surface area (Å²) in [6.45, 7) is 5.08. The molecule has 2 N–H and O–H groups in total. The van der Waals surface area contributed by atoms with Crippen molar-refractivity contribution in [2.75, 3.05) is 18.5 Å². The van der Waals surface area contributed by atoms with Crippen LogP contribution in [-0.2, 0) is 20.7 Å². The molecule has 0 aromatic carbocycles. The van der Waals surface area contributed by atoms with Crippen LogP contribution in [0.3, 0.4) is 0 Å². The standard InChI is InChI=1S/C14H21N3O3S/c1-3-20-12(18)7-11-8-21-14(16-11)17-13(19)10-4-5-15-9(2)6-10/h8-10,15H,3-7H2,1-2H3,(H,16,17,19)/t9-,10-/m0/s1. The summed E-state index contributed by atoms with van der Waals surface area (Å²) < 4.78 is 4.87. The maximum Gasteiger partial charge on any atom is 0.311 e. The maximum atomic E-state index is 12.2. The highest BCUT2D eigenvalue weighted by Crippen LogP contribution is 2.21. The number of nitrogens with zero attached hydrogens (tertiary/aromatic N) is 1. The van der Waals surface area contributed by atoms with E-state index in [4.69, 9.17) is 4.74 Å². The van der Waals surface area contributed by atoms with E-state index in [1.807, 2.05) is 0 Å². The molecule has 116 valence electrons. The first kappa shape index (κ1) is 15.9. The van der Waals surface area contributed by atoms with E-state index in [0.29, 0.717) is 23.5 Å². The molecule has 21 heavy (non-hydrogen) atoms. The fraction of sp³-hybridized carbons (Fsp3) is 0.643. The zero-order valence-corrected chi connectivity index (χ0v) is 13.2. The molecule has 0 aliphatic carbocycles. The number of amides is 1. The monoisotopic (exact) mass is 311 g/mol. The number of carbonyl (C=O) groups is 2. The molecule has 1 aromatic rings. The van der Waals surface area contributed by atoms with Crippen molar-refractivity contribution in [3.63, 3.8) is 0 Å². The van der Waals surface area contributed by atoms with Gasteiger partial charge in [-0.1, -0.05) is 0 Å². The van der Waals surface area contributed by atoms with E-state index in [1.165, 1.54) is 11.3 Å². The molecule has 0 saturated carbocycles. The SMILES string of the molecule is CCOC(=O)Cc1csc(NC(=O)[C@H]2CCN[C@@H](C)C2)n1. The minimum absolute atomic E-state index is 0.0142. The molecule has 1 aliphatic heterocycles. The van der Waals surface area contributed by atoms with Gasteiger partial charge in [0.1, 0.15) is 0 Å². The number of rotatable bonds is 5. The van der Waals surface area contributed by atoms with Gasteiger partial charge in [-0.2, -0.15) is 0 Å². The number of esters is 1. The van der Waals surface area contributed by atoms with Gasteiger partial charge in [0.15, 0.2) is 5.13 Å². The highest BCUT2D eigenvalue weighted by molar-refractivity contribution is 7.13. The molecule has 1 aromatic heterocycles. The molecule has 0 radical (unpaired) electrons. The molecule has 6 nitrogen and oxygen atoms in total. The van der Waals surface area contributed by atoms with E-state index in [-0.39, 0.29) is 24.2 Å². The summed E-state index contributed by atoms with van der Waals surface area (Å²) in [6.07, 6.45) is 1.83. The number of anilines is 1. The van der Waals surface area contributed by atoms with Crippen LogP contribution < -0.4 is 10.6 Å². The second-order valence-electron chi connectivity index (χ2n) is 5.19. The number of thiazole rings is 1. The summed E-state index contributed by atoms with van der Waals surface area (Å²) in [5, 5.41) is 8.49. The Morgan fingerprint density at radius 3 is 3.10 bits per heavy atom. The molecule has 1 aliphatic rings. The van der Waals surface area contributed by atoms with Crippen LogP contribution in [0.15, 0.2) is 5.38 Å². The maximum absolute atomic E-state index is 12.2. The second-order valence-corrected chi connectivity index (χ2v) is 6.05. The average Bonchev–Trinajstić information content (AvgIpc) is 2.86. The van der Waals surface area contributed by atoms with Crippen molar-refractivity contribution in [3.05, 3.63) is 11.1 Å². The van der Waals surface area contributed by atoms with Gasteiger partial charge < -0.3 is 15.4 Å². The average molecular weight is 311 g/mol. The second kappa shape index (κ2) is 7.51. The lowest BCUT2D eigenvalue weighted by atomic mass is 9.92. The normalized spacial score (nSPS) is 21.8. The zero-order valence-electron chi connectivity index (χ0n) is 12.3. The van der Waals surface area contributed by atoms with Crippen LogP contribution in [0.5, 0.6) is 0 Å². The van der Waals surface area contributed by atoms with Crippen molar-refractivity contribution in [3.8, 4) is 0 Å². The van der Waals surface area contributed by atoms with Crippen LogP contribution in [0.4, 0.5) is 5.13 Å². The van der Waals surface area contributed by atoms with Gasteiger partial charge in [-0.3, -0.25) is 9.59 Å². The van der Waals surface area contributed by atoms with Crippen LogP contribution in [0.2, 0.25) is 0 Å². The van der Waals surface area contributed by atoms with Gasteiger partial charge in [-0.15, -0.1) is 11.3 Å². The van der Waals surface area contributed by atoms with Gasteiger partial charge in [0.25, 0.3) is 0 Å². The Labute approximate surface area is 128 Å². The van der Waals surface area contributed by atoms with Crippen molar-refractivity contribution in [1.29, 1.82) is 0 Å². The summed E-state index contributed by atoms with van der Waals surface area (Å²) >= 11 is 1.34. The smallest absolute Gasteiger partial charge is 0.311 e. The Hall–Kier alpha value is -1.47. The van der Waals surface area contributed by atoms with Gasteiger partial charge in [0.05, 0.1) is 18.7 Å². The van der Waals surface area contributed by atoms with Crippen LogP contribution in [0.1, 0.15) is 32.4 Å². The van der Waals surface area contributed by atoms with E-state index in [1.54, 1.807) is 12.3 Å². The molecule has 1 saturated heterocycles. The van der Waals surface area contributed by atoms with Crippen molar-refractivity contribution >= 4 is 28.3 Å². The largest absolute Gasteiger partial charge is 0.466 e. The van der Waals surface area contributed by atoms with Gasteiger partial charge in [-0.05, 0) is 33.2 Å². The van der Waals surface area contributed by atoms with Crippen molar-refractivity contribution in [1.82, 2.24) is 10.3 Å². The lowest BCUT2D eigenvalue weighted by Gasteiger charge is -2.26. The summed E-state index contributed by atoms with van der Waals surface area (Å²) in [7, 11) is 0. The Morgan fingerprint density at radius 2 is 2.38 bits per heavy atom. The number of hydrogen-bond acceptors (Lipinski definition) is 6. The summed E-state index contributed by atoms with van der Waals surface area (Å²) in [4.78, 5) is 27.8. The highest BCUT2D eigenvalue weighted by Gasteiger charge is 2.25. The highest BCUT2D eigenvalue weighted by atomic mass is 32.1. The predicted octanol–water partition coefficient (Wildman–Crippen LogP) is 1.58. The van der Waals surface area contributed by atoms with Crippen LogP contribution in [0, 0.1) is 5.92 Å². The van der Waals surface area contributed by atoms with Gasteiger partial charge in [-0.25, -0.2) is 4.98 Å². The van der Waals surface area contributed by atoms with E-state index in [9.17, 15) is 9.59 Å². The first-order chi connectivity index (χ1) is 10.1. The van der Waals surface area contributed by atoms with Gasteiger partial charge in [0, 0.05) is 17.3 Å². The van der Waals surface area contributed by atoms with E-state index >= 15 is 0 Å². The third kappa shape index (κ3) is 4.78. The molecule has 1 amide bonds. The summed E-state index contributed by atoms with van der Waals surface area (Å²) in [5.41, 5.74) is 0.632. The molecular formula is C14H21N3O3S. The molecule has 2 heterocycles. The van der Waals surface area contributed by atoms with Crippen LogP contribution >= 0.6 is 11.3 Å². The Kier molecular flexibility index (Phi) is 5.69. The van der Waals surface area contributed by atoms with E-state index < -0.39 is 0 Å². The van der Waals surface area contributed by atoms with Crippen molar-refractivity contribution < 1.29 is 14.3 Å². The van der Waals surface area contributed by atoms with Crippen LogP contribution in [-0.4, -0.2) is 36.1 Å². The first-order valence-corrected chi connectivity index (χ1v) is 8.10. The lowest BCUT2D eigenvalue weighted by molar-refractivity contribution is -0.142. The van der Waals surface area contributed by atoms with Gasteiger partial charge in [0.2, 0.25) is 5.91 Å². The van der Waals surface area contributed by atoms with Gasteiger partial charge >= 0.3 is 5.97 Å². The minimum Gasteiger partial charge on any atom is -0.466 e. The minimum atomic E-state index is -0.298. The molecule has 0 bridgehead atoms. The third-order valence-electron chi connectivity index (χ3n) is 3.41. The fourth-order valence-electron chi connectivity index (χ4n) is 2.38. The summed E-state index contributed by atoms with van der Waals surface area (Å²) in [5.74, 6) is -0.258. The number of hydrogen-bond donors (Lipinski definition) is 2. The van der Waals surface area contributed by atoms with Crippen molar-refractivity contribution in [2.45, 2.75) is 39.2 Å². The Morgan fingerprint density at radius 1 is 1.57 bits per heavy atom. The van der Waals surface area contributed by atoms with Crippen LogP contribution in [0.25, 0.3) is 0 Å². The number of ether oxygens (including phenoxy) is 1.